The van der Waals surface area contributed by atoms with E-state index in [1.54, 1.807) is 24.3 Å². The Morgan fingerprint density at radius 1 is 0.878 bits per heavy atom. The number of halogens is 3. The Hall–Kier alpha value is -3.48. The molecule has 1 aliphatic rings. The van der Waals surface area contributed by atoms with E-state index in [0.717, 1.165) is 18.4 Å². The van der Waals surface area contributed by atoms with Gasteiger partial charge in [0.25, 0.3) is 0 Å². The van der Waals surface area contributed by atoms with Crippen LogP contribution in [-0.4, -0.2) is 20.2 Å². The van der Waals surface area contributed by atoms with Crippen LogP contribution in [0, 0.1) is 22.9 Å². The van der Waals surface area contributed by atoms with Crippen LogP contribution < -0.4 is 9.47 Å². The van der Waals surface area contributed by atoms with Crippen molar-refractivity contribution in [1.29, 1.82) is 0 Å². The zero-order valence-corrected chi connectivity index (χ0v) is 24.7. The van der Waals surface area contributed by atoms with Crippen LogP contribution in [0.3, 0.4) is 0 Å². The third-order valence-electron chi connectivity index (χ3n) is 6.94. The van der Waals surface area contributed by atoms with Crippen molar-refractivity contribution in [3.05, 3.63) is 82.7 Å². The van der Waals surface area contributed by atoms with Gasteiger partial charge in [-0.3, -0.25) is 4.79 Å². The largest absolute Gasteiger partial charge is 0.497 e. The second-order valence-corrected chi connectivity index (χ2v) is 11.2. The SMILES string of the molecule is C1CC1.CCCC(C)(C)Cc1cc(COc2cccc(CCC(=O)OC)c2F)c(F)cc1-c1cc(OC)ccc1F. The molecule has 41 heavy (non-hydrogen) atoms. The number of carbonyl (C=O) groups is 1. The topological polar surface area (TPSA) is 44.8 Å². The second-order valence-electron chi connectivity index (χ2n) is 11.2. The van der Waals surface area contributed by atoms with E-state index in [1.807, 2.05) is 0 Å². The van der Waals surface area contributed by atoms with Crippen LogP contribution in [0.15, 0.2) is 48.5 Å². The number of ether oxygens (including phenoxy) is 3. The maximum Gasteiger partial charge on any atom is 0.305 e. The number of carbonyl (C=O) groups excluding carboxylic acids is 1. The molecule has 0 aromatic heterocycles. The fraction of sp³-hybridized carbons (Fsp3) is 0.441. The van der Waals surface area contributed by atoms with Crippen LogP contribution in [0.5, 0.6) is 11.5 Å². The van der Waals surface area contributed by atoms with E-state index in [2.05, 4.69) is 25.5 Å². The van der Waals surface area contributed by atoms with Crippen molar-refractivity contribution in [3.63, 3.8) is 0 Å². The number of esters is 1. The zero-order chi connectivity index (χ0) is 30.0. The summed E-state index contributed by atoms with van der Waals surface area (Å²) in [5.41, 5.74) is 1.89. The molecule has 0 atom stereocenters. The van der Waals surface area contributed by atoms with Gasteiger partial charge >= 0.3 is 5.97 Å². The van der Waals surface area contributed by atoms with Gasteiger partial charge < -0.3 is 14.2 Å². The zero-order valence-electron chi connectivity index (χ0n) is 24.7. The first kappa shape index (κ1) is 32.0. The average Bonchev–Trinajstić information content (AvgIpc) is 3.83. The Morgan fingerprint density at radius 2 is 1.61 bits per heavy atom. The van der Waals surface area contributed by atoms with Crippen LogP contribution in [0.4, 0.5) is 13.2 Å². The molecule has 0 N–H and O–H groups in total. The first-order chi connectivity index (χ1) is 19.6. The maximum atomic E-state index is 15.4. The highest BCUT2D eigenvalue weighted by atomic mass is 19.1. The summed E-state index contributed by atoms with van der Waals surface area (Å²) in [7, 11) is 2.77. The molecular formula is C34H41F3O4. The lowest BCUT2D eigenvalue weighted by atomic mass is 9.79. The third kappa shape index (κ3) is 9.55. The van der Waals surface area contributed by atoms with Gasteiger partial charge in [0.05, 0.1) is 14.2 Å². The molecular weight excluding hydrogens is 529 g/mol. The molecule has 1 fully saturated rings. The quantitative estimate of drug-likeness (QED) is 0.204. The number of methoxy groups -OCH3 is 2. The molecule has 4 rings (SSSR count). The minimum atomic E-state index is -0.601. The van der Waals surface area contributed by atoms with Crippen molar-refractivity contribution < 1.29 is 32.2 Å². The van der Waals surface area contributed by atoms with Crippen LogP contribution >= 0.6 is 0 Å². The number of rotatable bonds is 12. The van der Waals surface area contributed by atoms with Crippen molar-refractivity contribution in [1.82, 2.24) is 0 Å². The number of aryl methyl sites for hydroxylation is 1. The molecule has 7 heteroatoms. The van der Waals surface area contributed by atoms with Crippen molar-refractivity contribution >= 4 is 5.97 Å². The smallest absolute Gasteiger partial charge is 0.305 e. The molecule has 222 valence electrons. The van der Waals surface area contributed by atoms with E-state index in [1.165, 1.54) is 57.7 Å². The van der Waals surface area contributed by atoms with Gasteiger partial charge in [-0.1, -0.05) is 58.6 Å². The van der Waals surface area contributed by atoms with Gasteiger partial charge in [0.15, 0.2) is 11.6 Å². The molecule has 3 aromatic rings. The monoisotopic (exact) mass is 570 g/mol. The molecule has 0 unspecified atom stereocenters. The molecule has 0 saturated heterocycles. The molecule has 0 aliphatic heterocycles. The number of hydrogen-bond donors (Lipinski definition) is 0. The van der Waals surface area contributed by atoms with Gasteiger partial charge in [0, 0.05) is 17.5 Å². The minimum absolute atomic E-state index is 0.0324. The predicted octanol–water partition coefficient (Wildman–Crippen LogP) is 9.00. The summed E-state index contributed by atoms with van der Waals surface area (Å²) < 4.78 is 60.8. The summed E-state index contributed by atoms with van der Waals surface area (Å²) in [5.74, 6) is -1.67. The highest BCUT2D eigenvalue weighted by molar-refractivity contribution is 5.70. The summed E-state index contributed by atoms with van der Waals surface area (Å²) in [4.78, 5) is 11.4. The van der Waals surface area contributed by atoms with E-state index in [-0.39, 0.29) is 41.7 Å². The van der Waals surface area contributed by atoms with Crippen molar-refractivity contribution in [2.24, 2.45) is 5.41 Å². The molecule has 0 amide bonds. The van der Waals surface area contributed by atoms with Gasteiger partial charge in [0.1, 0.15) is 24.0 Å². The molecule has 0 radical (unpaired) electrons. The van der Waals surface area contributed by atoms with Gasteiger partial charge in [-0.2, -0.15) is 0 Å². The summed E-state index contributed by atoms with van der Waals surface area (Å²) >= 11 is 0. The number of benzene rings is 3. The molecule has 0 heterocycles. The van der Waals surface area contributed by atoms with E-state index in [9.17, 15) is 13.6 Å². The van der Waals surface area contributed by atoms with E-state index in [0.29, 0.717) is 23.3 Å². The predicted molar refractivity (Wildman–Crippen MR) is 156 cm³/mol. The van der Waals surface area contributed by atoms with Crippen LogP contribution in [0.25, 0.3) is 11.1 Å². The molecule has 0 spiro atoms. The van der Waals surface area contributed by atoms with Gasteiger partial charge in [-0.25, -0.2) is 13.2 Å². The fourth-order valence-electron chi connectivity index (χ4n) is 4.65. The second kappa shape index (κ2) is 14.9. The summed E-state index contributed by atoms with van der Waals surface area (Å²) in [5, 5.41) is 0. The molecule has 3 aromatic carbocycles. The Bertz CT molecular complexity index is 1310. The lowest BCUT2D eigenvalue weighted by Crippen LogP contribution is -2.16. The van der Waals surface area contributed by atoms with Crippen molar-refractivity contribution in [3.8, 4) is 22.6 Å². The van der Waals surface area contributed by atoms with Crippen LogP contribution in [0.1, 0.15) is 76.0 Å². The maximum absolute atomic E-state index is 15.4. The highest BCUT2D eigenvalue weighted by Crippen LogP contribution is 2.37. The Balaban J connectivity index is 0.00000144. The molecule has 1 aliphatic carbocycles. The third-order valence-corrected chi connectivity index (χ3v) is 6.94. The minimum Gasteiger partial charge on any atom is -0.497 e. The average molecular weight is 571 g/mol. The summed E-state index contributed by atoms with van der Waals surface area (Å²) in [6.07, 6.45) is 7.17. The molecule has 4 nitrogen and oxygen atoms in total. The van der Waals surface area contributed by atoms with Gasteiger partial charge in [-0.15, -0.1) is 0 Å². The Labute approximate surface area is 241 Å². The Kier molecular flexibility index (Phi) is 11.7. The Morgan fingerprint density at radius 3 is 2.24 bits per heavy atom. The highest BCUT2D eigenvalue weighted by Gasteiger charge is 2.23. The molecule has 0 bridgehead atoms. The lowest BCUT2D eigenvalue weighted by Gasteiger charge is -2.26. The van der Waals surface area contributed by atoms with Crippen molar-refractivity contribution in [2.75, 3.05) is 14.2 Å². The van der Waals surface area contributed by atoms with E-state index < -0.39 is 23.4 Å². The van der Waals surface area contributed by atoms with Crippen LogP contribution in [0.2, 0.25) is 0 Å². The van der Waals surface area contributed by atoms with E-state index in [4.69, 9.17) is 9.47 Å². The summed E-state index contributed by atoms with van der Waals surface area (Å²) in [6, 6.07) is 12.0. The number of hydrogen-bond acceptors (Lipinski definition) is 4. The van der Waals surface area contributed by atoms with Crippen LogP contribution in [-0.2, 0) is 29.0 Å². The fourth-order valence-corrected chi connectivity index (χ4v) is 4.65. The first-order valence-electron chi connectivity index (χ1n) is 14.2. The van der Waals surface area contributed by atoms with Gasteiger partial charge in [0.2, 0.25) is 0 Å². The lowest BCUT2D eigenvalue weighted by molar-refractivity contribution is -0.140. The van der Waals surface area contributed by atoms with Gasteiger partial charge in [-0.05, 0) is 77.8 Å². The summed E-state index contributed by atoms with van der Waals surface area (Å²) in [6.45, 7) is 6.13. The van der Waals surface area contributed by atoms with E-state index >= 15 is 4.39 Å². The van der Waals surface area contributed by atoms with Crippen molar-refractivity contribution in [2.45, 2.75) is 78.7 Å². The normalized spacial score (nSPS) is 12.3. The molecule has 1 saturated carbocycles. The first-order valence-corrected chi connectivity index (χ1v) is 14.2. The standard InChI is InChI=1S/C31H35F3O4.C3H6/c1-6-14-31(2,3)18-21-15-22(27(33)17-24(21)25-16-23(36-4)11-12-26(25)32)19-38-28-9-7-8-20(30(28)34)10-13-29(35)37-5;1-2-3-1/h7-9,11-12,15-17H,6,10,13-14,18-19H2,1-5H3;1-3H2.